The van der Waals surface area contributed by atoms with Crippen molar-refractivity contribution in [1.29, 1.82) is 0 Å². The second-order valence-corrected chi connectivity index (χ2v) is 6.57. The summed E-state index contributed by atoms with van der Waals surface area (Å²) in [7, 11) is 0. The van der Waals surface area contributed by atoms with Crippen molar-refractivity contribution in [3.8, 4) is 23.0 Å². The summed E-state index contributed by atoms with van der Waals surface area (Å²) in [6.45, 7) is 5.90. The van der Waals surface area contributed by atoms with Crippen LogP contribution in [0.1, 0.15) is 16.7 Å². The van der Waals surface area contributed by atoms with Crippen molar-refractivity contribution in [3.05, 3.63) is 59.2 Å². The van der Waals surface area contributed by atoms with Gasteiger partial charge in [0.2, 0.25) is 0 Å². The Labute approximate surface area is 158 Å². The van der Waals surface area contributed by atoms with Crippen LogP contribution in [0, 0.1) is 20.8 Å². The van der Waals surface area contributed by atoms with Gasteiger partial charge in [0.25, 0.3) is 0 Å². The molecular formula is C21H24N4O2. The van der Waals surface area contributed by atoms with E-state index >= 15 is 0 Å². The van der Waals surface area contributed by atoms with Crippen molar-refractivity contribution in [2.24, 2.45) is 0 Å². The van der Waals surface area contributed by atoms with Gasteiger partial charge in [0.1, 0.15) is 23.0 Å². The van der Waals surface area contributed by atoms with Crippen molar-refractivity contribution < 1.29 is 9.47 Å². The van der Waals surface area contributed by atoms with Gasteiger partial charge in [-0.2, -0.15) is 0 Å². The average Bonchev–Trinajstić information content (AvgIpc) is 2.60. The Hall–Kier alpha value is -3.54. The van der Waals surface area contributed by atoms with Gasteiger partial charge in [0.05, 0.1) is 11.4 Å². The predicted molar refractivity (Wildman–Crippen MR) is 111 cm³/mol. The molecule has 0 bridgehead atoms. The summed E-state index contributed by atoms with van der Waals surface area (Å²) in [6.07, 6.45) is 0. The molecule has 0 fully saturated rings. The molecule has 0 aliphatic heterocycles. The van der Waals surface area contributed by atoms with E-state index in [1.165, 1.54) is 0 Å². The van der Waals surface area contributed by atoms with Gasteiger partial charge in [-0.05, 0) is 79.9 Å². The molecule has 3 aromatic carbocycles. The molecule has 6 nitrogen and oxygen atoms in total. The van der Waals surface area contributed by atoms with Crippen LogP contribution < -0.4 is 32.4 Å². The molecule has 0 heterocycles. The van der Waals surface area contributed by atoms with Crippen LogP contribution in [-0.2, 0) is 0 Å². The lowest BCUT2D eigenvalue weighted by atomic mass is 10.0. The molecule has 3 rings (SSSR count). The zero-order valence-electron chi connectivity index (χ0n) is 15.7. The molecule has 0 aliphatic carbocycles. The van der Waals surface area contributed by atoms with Crippen LogP contribution in [0.2, 0.25) is 0 Å². The minimum Gasteiger partial charge on any atom is -0.455 e. The smallest absolute Gasteiger partial charge is 0.150 e. The SMILES string of the molecule is Cc1cc(Oc2ccc(N)cc2N)c(C)c(C)c1Oc1ccc(N)cc1N. The van der Waals surface area contributed by atoms with Crippen LogP contribution in [0.4, 0.5) is 22.7 Å². The molecule has 0 saturated heterocycles. The molecule has 0 saturated carbocycles. The third-order valence-corrected chi connectivity index (χ3v) is 4.48. The van der Waals surface area contributed by atoms with Gasteiger partial charge in [-0.15, -0.1) is 0 Å². The van der Waals surface area contributed by atoms with E-state index in [1.807, 2.05) is 26.8 Å². The van der Waals surface area contributed by atoms with E-state index < -0.39 is 0 Å². The van der Waals surface area contributed by atoms with Crippen molar-refractivity contribution in [3.63, 3.8) is 0 Å². The molecular weight excluding hydrogens is 340 g/mol. The second-order valence-electron chi connectivity index (χ2n) is 6.57. The first-order chi connectivity index (χ1) is 12.8. The molecule has 0 aromatic heterocycles. The summed E-state index contributed by atoms with van der Waals surface area (Å²) >= 11 is 0. The van der Waals surface area contributed by atoms with E-state index in [4.69, 9.17) is 32.4 Å². The fourth-order valence-corrected chi connectivity index (χ4v) is 2.83. The van der Waals surface area contributed by atoms with Gasteiger partial charge in [0.15, 0.2) is 0 Å². The topological polar surface area (TPSA) is 123 Å². The second kappa shape index (κ2) is 6.99. The average molecular weight is 364 g/mol. The Balaban J connectivity index is 1.96. The Morgan fingerprint density at radius 1 is 0.593 bits per heavy atom. The fourth-order valence-electron chi connectivity index (χ4n) is 2.83. The number of hydrogen-bond donors (Lipinski definition) is 4. The minimum atomic E-state index is 0.486. The number of benzene rings is 3. The molecule has 3 aromatic rings. The highest BCUT2D eigenvalue weighted by Crippen LogP contribution is 2.40. The summed E-state index contributed by atoms with van der Waals surface area (Å²) in [4.78, 5) is 0. The molecule has 27 heavy (non-hydrogen) atoms. The van der Waals surface area contributed by atoms with Crippen LogP contribution in [0.15, 0.2) is 42.5 Å². The Morgan fingerprint density at radius 2 is 1.11 bits per heavy atom. The third kappa shape index (κ3) is 3.69. The lowest BCUT2D eigenvalue weighted by molar-refractivity contribution is 0.462. The molecule has 0 aliphatic rings. The van der Waals surface area contributed by atoms with E-state index in [2.05, 4.69) is 0 Å². The summed E-state index contributed by atoms with van der Waals surface area (Å²) < 4.78 is 12.1. The van der Waals surface area contributed by atoms with Crippen molar-refractivity contribution >= 4 is 22.7 Å². The highest BCUT2D eigenvalue weighted by atomic mass is 16.5. The highest BCUT2D eigenvalue weighted by molar-refractivity contribution is 5.64. The van der Waals surface area contributed by atoms with E-state index in [1.54, 1.807) is 36.4 Å². The third-order valence-electron chi connectivity index (χ3n) is 4.48. The number of nitrogens with two attached hydrogens (primary N) is 4. The molecule has 0 unspecified atom stereocenters. The number of anilines is 4. The van der Waals surface area contributed by atoms with E-state index in [-0.39, 0.29) is 0 Å². The largest absolute Gasteiger partial charge is 0.455 e. The molecule has 0 spiro atoms. The van der Waals surface area contributed by atoms with Crippen molar-refractivity contribution in [2.45, 2.75) is 20.8 Å². The molecule has 0 amide bonds. The van der Waals surface area contributed by atoms with Crippen molar-refractivity contribution in [2.75, 3.05) is 22.9 Å². The summed E-state index contributed by atoms with van der Waals surface area (Å²) in [5.41, 5.74) is 28.5. The number of aryl methyl sites for hydroxylation is 1. The van der Waals surface area contributed by atoms with Crippen molar-refractivity contribution in [1.82, 2.24) is 0 Å². The van der Waals surface area contributed by atoms with Gasteiger partial charge < -0.3 is 32.4 Å². The number of ether oxygens (including phenoxy) is 2. The van der Waals surface area contributed by atoms with Gasteiger partial charge in [-0.25, -0.2) is 0 Å². The maximum atomic E-state index is 6.07. The maximum absolute atomic E-state index is 6.07. The van der Waals surface area contributed by atoms with Crippen LogP contribution >= 0.6 is 0 Å². The number of nitrogen functional groups attached to an aromatic ring is 4. The first-order valence-electron chi connectivity index (χ1n) is 8.52. The Morgan fingerprint density at radius 3 is 1.63 bits per heavy atom. The van der Waals surface area contributed by atoms with Gasteiger partial charge in [0, 0.05) is 11.4 Å². The van der Waals surface area contributed by atoms with E-state index in [9.17, 15) is 0 Å². The minimum absolute atomic E-state index is 0.486. The standard InChI is InChI=1S/C21H24N4O2/c1-11-8-20(26-18-6-4-14(22)9-16(18)24)12(2)13(3)21(11)27-19-7-5-15(23)10-17(19)25/h4-10H,22-25H2,1-3H3. The summed E-state index contributed by atoms with van der Waals surface area (Å²) in [5, 5.41) is 0. The number of hydrogen-bond acceptors (Lipinski definition) is 6. The highest BCUT2D eigenvalue weighted by Gasteiger charge is 2.16. The Bertz CT molecular complexity index is 1020. The monoisotopic (exact) mass is 364 g/mol. The quantitative estimate of drug-likeness (QED) is 0.505. The Kier molecular flexibility index (Phi) is 4.73. The first kappa shape index (κ1) is 18.3. The predicted octanol–water partition coefficient (Wildman–Crippen LogP) is 4.53. The van der Waals surface area contributed by atoms with Crippen LogP contribution in [0.3, 0.4) is 0 Å². The first-order valence-corrected chi connectivity index (χ1v) is 8.52. The molecule has 6 heteroatoms. The van der Waals surface area contributed by atoms with Gasteiger partial charge >= 0.3 is 0 Å². The van der Waals surface area contributed by atoms with E-state index in [0.29, 0.717) is 40.0 Å². The fraction of sp³-hybridized carbons (Fsp3) is 0.143. The lowest BCUT2D eigenvalue weighted by Gasteiger charge is -2.19. The van der Waals surface area contributed by atoms with E-state index in [0.717, 1.165) is 22.4 Å². The summed E-state index contributed by atoms with van der Waals surface area (Å²) in [6, 6.07) is 12.3. The normalized spacial score (nSPS) is 10.6. The summed E-state index contributed by atoms with van der Waals surface area (Å²) in [5.74, 6) is 2.56. The molecule has 0 radical (unpaired) electrons. The zero-order valence-corrected chi connectivity index (χ0v) is 15.7. The lowest BCUT2D eigenvalue weighted by Crippen LogP contribution is -2.00. The van der Waals surface area contributed by atoms with Crippen LogP contribution in [0.5, 0.6) is 23.0 Å². The van der Waals surface area contributed by atoms with Gasteiger partial charge in [-0.3, -0.25) is 0 Å². The zero-order chi connectivity index (χ0) is 19.7. The molecule has 0 atom stereocenters. The number of rotatable bonds is 4. The maximum Gasteiger partial charge on any atom is 0.150 e. The van der Waals surface area contributed by atoms with Crippen LogP contribution in [-0.4, -0.2) is 0 Å². The molecule has 8 N–H and O–H groups in total. The molecule has 140 valence electrons. The van der Waals surface area contributed by atoms with Gasteiger partial charge in [-0.1, -0.05) is 0 Å². The van der Waals surface area contributed by atoms with Crippen LogP contribution in [0.25, 0.3) is 0 Å².